The Morgan fingerprint density at radius 2 is 1.09 bits per heavy atom. The average Bonchev–Trinajstić information content (AvgIpc) is 3.60. The number of hydrogen-bond donors (Lipinski definition) is 3. The highest BCUT2D eigenvalue weighted by Crippen LogP contribution is 2.43. The molecule has 1 aliphatic rings. The summed E-state index contributed by atoms with van der Waals surface area (Å²) in [4.78, 5) is 86.3. The van der Waals surface area contributed by atoms with Gasteiger partial charge in [-0.3, -0.25) is 42.7 Å². The highest BCUT2D eigenvalue weighted by atomic mass is 32.2. The number of thioether (sulfide) groups is 1. The minimum absolute atomic E-state index is 0.0872. The molecule has 0 aromatic heterocycles. The van der Waals surface area contributed by atoms with Crippen LogP contribution in [0.25, 0.3) is 0 Å². The molecule has 4 atom stereocenters. The van der Waals surface area contributed by atoms with Crippen LogP contribution >= 0.6 is 19.6 Å². The fourth-order valence-electron chi connectivity index (χ4n) is 8.27. The second kappa shape index (κ2) is 43.1. The Balaban J connectivity index is 2.44. The Bertz CT molecular complexity index is 1440. The highest BCUT2D eigenvalue weighted by molar-refractivity contribution is 8.00. The maximum Gasteiger partial charge on any atom is 0.472 e. The third-order valence-corrected chi connectivity index (χ3v) is 14.5. The summed E-state index contributed by atoms with van der Waals surface area (Å²) in [5.74, 6) is -2.76. The van der Waals surface area contributed by atoms with Gasteiger partial charge in [0.05, 0.1) is 18.5 Å². The molecule has 17 heteroatoms. The quantitative estimate of drug-likeness (QED) is 0.0225. The molecule has 15 nitrogen and oxygen atoms in total. The predicted octanol–water partition coefficient (Wildman–Crippen LogP) is 11.6. The van der Waals surface area contributed by atoms with Crippen LogP contribution < -0.4 is 10.6 Å². The summed E-state index contributed by atoms with van der Waals surface area (Å²) in [6.45, 7) is 4.32. The van der Waals surface area contributed by atoms with E-state index in [0.717, 1.165) is 43.4 Å². The maximum absolute atomic E-state index is 12.9. The fourth-order valence-corrected chi connectivity index (χ4v) is 9.66. The Kier molecular flexibility index (Phi) is 40.3. The highest BCUT2D eigenvalue weighted by Gasteiger charge is 2.38. The molecule has 1 fully saturated rings. The summed E-state index contributed by atoms with van der Waals surface area (Å²) in [5.41, 5.74) is 0. The fraction of sp³-hybridized carbons (Fsp3) is 0.885. The molecule has 1 aliphatic heterocycles. The number of unbranched alkanes of at least 4 members (excludes halogenated alkanes) is 28. The van der Waals surface area contributed by atoms with Crippen LogP contribution in [0.5, 0.6) is 0 Å². The van der Waals surface area contributed by atoms with Gasteiger partial charge in [-0.15, -0.1) is 0 Å². The Labute approximate surface area is 421 Å². The summed E-state index contributed by atoms with van der Waals surface area (Å²) >= 11 is 1.28. The zero-order valence-electron chi connectivity index (χ0n) is 43.5. The van der Waals surface area contributed by atoms with Crippen LogP contribution in [0.4, 0.5) is 0 Å². The number of imide groups is 1. The summed E-state index contributed by atoms with van der Waals surface area (Å²) in [5, 5.41) is 4.55. The normalized spacial score (nSPS) is 15.5. The molecule has 0 saturated carbocycles. The number of hydrogen-bond acceptors (Lipinski definition) is 12. The van der Waals surface area contributed by atoms with E-state index < -0.39 is 62.2 Å². The van der Waals surface area contributed by atoms with Crippen LogP contribution in [0.3, 0.4) is 0 Å². The third-order valence-electron chi connectivity index (χ3n) is 12.6. The summed E-state index contributed by atoms with van der Waals surface area (Å²) < 4.78 is 33.9. The van der Waals surface area contributed by atoms with Gasteiger partial charge in [-0.25, -0.2) is 4.57 Å². The SMILES string of the molecule is CCCCCCCCCCCCCCCCCC(=O)OC[C@H](COP(=O)(O)OCCNC(=O)C(C)NC(=O)CCN1C(=O)CC(SC)C1=O)OC(=O)CCCCCCCCCCCCCCCCC. The van der Waals surface area contributed by atoms with Gasteiger partial charge in [0.15, 0.2) is 6.10 Å². The van der Waals surface area contributed by atoms with Gasteiger partial charge in [0.25, 0.3) is 0 Å². The van der Waals surface area contributed by atoms with Crippen molar-refractivity contribution < 1.29 is 56.7 Å². The lowest BCUT2D eigenvalue weighted by Gasteiger charge is -2.20. The van der Waals surface area contributed by atoms with E-state index in [9.17, 15) is 38.2 Å². The van der Waals surface area contributed by atoms with Gasteiger partial charge in [0.2, 0.25) is 23.6 Å². The Morgan fingerprint density at radius 3 is 1.52 bits per heavy atom. The van der Waals surface area contributed by atoms with Crippen LogP contribution in [-0.4, -0.2) is 102 Å². The van der Waals surface area contributed by atoms with E-state index in [4.69, 9.17) is 18.5 Å². The van der Waals surface area contributed by atoms with E-state index in [1.807, 2.05) is 0 Å². The largest absolute Gasteiger partial charge is 0.472 e. The van der Waals surface area contributed by atoms with E-state index in [2.05, 4.69) is 24.5 Å². The summed E-state index contributed by atoms with van der Waals surface area (Å²) in [6, 6.07) is -0.981. The number of likely N-dealkylation sites (tertiary alicyclic amines) is 1. The monoisotopic (exact) mass is 1020 g/mol. The van der Waals surface area contributed by atoms with E-state index >= 15 is 0 Å². The molecule has 69 heavy (non-hydrogen) atoms. The number of ether oxygens (including phenoxy) is 2. The molecule has 0 aliphatic carbocycles. The molecule has 1 rings (SSSR count). The molecule has 0 radical (unpaired) electrons. The maximum atomic E-state index is 12.9. The molecule has 1 heterocycles. The molecule has 0 aromatic rings. The van der Waals surface area contributed by atoms with E-state index in [1.165, 1.54) is 160 Å². The van der Waals surface area contributed by atoms with Crippen LogP contribution in [0.1, 0.15) is 239 Å². The first-order chi connectivity index (χ1) is 33.3. The average molecular weight is 1020 g/mol. The first-order valence-corrected chi connectivity index (χ1v) is 30.0. The first-order valence-electron chi connectivity index (χ1n) is 27.2. The van der Waals surface area contributed by atoms with Gasteiger partial charge in [-0.05, 0) is 26.0 Å². The number of phosphoric acid groups is 1. The molecule has 0 bridgehead atoms. The van der Waals surface area contributed by atoms with Crippen molar-refractivity contribution in [1.82, 2.24) is 15.5 Å². The topological polar surface area (TPSA) is 204 Å². The van der Waals surface area contributed by atoms with Crippen molar-refractivity contribution in [3.05, 3.63) is 0 Å². The number of nitrogens with one attached hydrogen (secondary N) is 2. The minimum Gasteiger partial charge on any atom is -0.462 e. The van der Waals surface area contributed by atoms with Gasteiger partial charge in [0.1, 0.15) is 12.6 Å². The molecule has 3 unspecified atom stereocenters. The Morgan fingerprint density at radius 1 is 0.652 bits per heavy atom. The van der Waals surface area contributed by atoms with E-state index in [-0.39, 0.29) is 57.2 Å². The third kappa shape index (κ3) is 36.1. The number of carbonyl (C=O) groups excluding carboxylic acids is 6. The molecular weight excluding hydrogens is 922 g/mol. The Hall–Kier alpha value is -2.52. The lowest BCUT2D eigenvalue weighted by Crippen LogP contribution is -2.46. The van der Waals surface area contributed by atoms with Crippen LogP contribution in [0.15, 0.2) is 0 Å². The van der Waals surface area contributed by atoms with Crippen molar-refractivity contribution in [2.24, 2.45) is 0 Å². The van der Waals surface area contributed by atoms with Gasteiger partial charge in [-0.1, -0.05) is 194 Å². The van der Waals surface area contributed by atoms with Gasteiger partial charge in [0, 0.05) is 38.8 Å². The second-order valence-corrected chi connectivity index (χ2v) is 21.4. The number of nitrogens with zero attached hydrogens (tertiary/aromatic N) is 1. The summed E-state index contributed by atoms with van der Waals surface area (Å²) in [6.07, 6.45) is 37.1. The predicted molar refractivity (Wildman–Crippen MR) is 276 cm³/mol. The number of esters is 2. The molecular formula is C52H96N3O12PS. The van der Waals surface area contributed by atoms with Crippen LogP contribution in [-0.2, 0) is 51.9 Å². The van der Waals surface area contributed by atoms with E-state index in [1.54, 1.807) is 6.26 Å². The number of carbonyl (C=O) groups is 6. The number of rotatable bonds is 48. The molecule has 3 N–H and O–H groups in total. The molecule has 0 spiro atoms. The number of phosphoric ester groups is 1. The van der Waals surface area contributed by atoms with Crippen molar-refractivity contribution in [3.8, 4) is 0 Å². The minimum atomic E-state index is -4.69. The van der Waals surface area contributed by atoms with Gasteiger partial charge in [-0.2, -0.15) is 11.8 Å². The zero-order chi connectivity index (χ0) is 50.8. The molecule has 4 amide bonds. The van der Waals surface area contributed by atoms with Crippen molar-refractivity contribution in [2.45, 2.75) is 256 Å². The zero-order valence-corrected chi connectivity index (χ0v) is 45.3. The van der Waals surface area contributed by atoms with Gasteiger partial charge < -0.3 is 25.0 Å². The van der Waals surface area contributed by atoms with Gasteiger partial charge >= 0.3 is 19.8 Å². The molecule has 1 saturated heterocycles. The molecule has 402 valence electrons. The smallest absolute Gasteiger partial charge is 0.462 e. The summed E-state index contributed by atoms with van der Waals surface area (Å²) in [7, 11) is -4.69. The van der Waals surface area contributed by atoms with E-state index in [0.29, 0.717) is 12.8 Å². The molecule has 0 aromatic carbocycles. The lowest BCUT2D eigenvalue weighted by atomic mass is 10.0. The van der Waals surface area contributed by atoms with Crippen molar-refractivity contribution in [3.63, 3.8) is 0 Å². The number of amides is 4. The van der Waals surface area contributed by atoms with Crippen LogP contribution in [0, 0.1) is 0 Å². The van der Waals surface area contributed by atoms with Crippen molar-refractivity contribution in [1.29, 1.82) is 0 Å². The lowest BCUT2D eigenvalue weighted by molar-refractivity contribution is -0.161. The standard InChI is InChI=1S/C52H96N3O12PS/c1-5-7-9-11-13-15-17-19-21-23-25-27-29-31-33-35-49(58)64-42-45(67-50(59)36-34-32-30-28-26-24-22-20-18-16-14-12-10-8-6-2)43-66-68(62,63)65-40-38-53-51(60)44(3)54-47(56)37-39-55-48(57)41-46(69-4)52(55)61/h44-46H,5-43H2,1-4H3,(H,53,60)(H,54,56)(H,62,63)/t44?,45-,46?/m1/s1. The first kappa shape index (κ1) is 64.5. The van der Waals surface area contributed by atoms with Crippen molar-refractivity contribution in [2.75, 3.05) is 39.2 Å². The van der Waals surface area contributed by atoms with Crippen LogP contribution in [0.2, 0.25) is 0 Å². The second-order valence-electron chi connectivity index (χ2n) is 18.9. The van der Waals surface area contributed by atoms with Crippen molar-refractivity contribution >= 4 is 55.2 Å².